The van der Waals surface area contributed by atoms with E-state index in [4.69, 9.17) is 0 Å². The minimum absolute atomic E-state index is 0.221. The molecule has 0 spiro atoms. The highest BCUT2D eigenvalue weighted by Crippen LogP contribution is 2.15. The van der Waals surface area contributed by atoms with Gasteiger partial charge < -0.3 is 10.6 Å². The van der Waals surface area contributed by atoms with Gasteiger partial charge in [0, 0.05) is 12.2 Å². The van der Waals surface area contributed by atoms with Gasteiger partial charge in [0.25, 0.3) is 5.91 Å². The van der Waals surface area contributed by atoms with Crippen LogP contribution in [0.4, 0.5) is 15.9 Å². The Morgan fingerprint density at radius 3 is 2.60 bits per heavy atom. The number of aromatic nitrogens is 2. The van der Waals surface area contributed by atoms with Crippen molar-refractivity contribution in [3.05, 3.63) is 83.3 Å². The molecule has 3 aromatic rings. The monoisotopic (exact) mass is 336 g/mol. The Morgan fingerprint density at radius 2 is 1.88 bits per heavy atom. The first-order chi connectivity index (χ1) is 12.1. The van der Waals surface area contributed by atoms with Crippen LogP contribution >= 0.6 is 0 Å². The summed E-state index contributed by atoms with van der Waals surface area (Å²) in [6, 6.07) is 17.1. The summed E-state index contributed by atoms with van der Waals surface area (Å²) in [6.07, 6.45) is 0. The molecule has 0 fully saturated rings. The van der Waals surface area contributed by atoms with Crippen molar-refractivity contribution in [1.29, 1.82) is 0 Å². The third-order valence-electron chi connectivity index (χ3n) is 3.69. The summed E-state index contributed by atoms with van der Waals surface area (Å²) in [6.45, 7) is 2.42. The zero-order valence-electron chi connectivity index (χ0n) is 13.7. The summed E-state index contributed by atoms with van der Waals surface area (Å²) in [5.74, 6) is -0.209. The first-order valence-electron chi connectivity index (χ1n) is 7.81. The number of carbonyl (C=O) groups excluding carboxylic acids is 1. The van der Waals surface area contributed by atoms with Crippen molar-refractivity contribution in [2.75, 3.05) is 5.32 Å². The third-order valence-corrected chi connectivity index (χ3v) is 3.69. The number of halogens is 1. The van der Waals surface area contributed by atoms with Crippen LogP contribution in [0.25, 0.3) is 0 Å². The molecule has 0 saturated carbocycles. The first-order valence-corrected chi connectivity index (χ1v) is 7.81. The maximum absolute atomic E-state index is 13.2. The van der Waals surface area contributed by atoms with E-state index in [1.165, 1.54) is 12.1 Å². The van der Waals surface area contributed by atoms with E-state index in [2.05, 4.69) is 20.8 Å². The van der Waals surface area contributed by atoms with Crippen LogP contribution in [0.3, 0.4) is 0 Å². The SMILES string of the molecule is Cc1ccccc1CNC(=O)c1ccc(Nc2cccc(F)c2)nn1. The lowest BCUT2D eigenvalue weighted by Gasteiger charge is -2.08. The molecule has 5 nitrogen and oxygen atoms in total. The highest BCUT2D eigenvalue weighted by Gasteiger charge is 2.09. The number of rotatable bonds is 5. The number of benzene rings is 2. The maximum atomic E-state index is 13.2. The summed E-state index contributed by atoms with van der Waals surface area (Å²) < 4.78 is 13.2. The summed E-state index contributed by atoms with van der Waals surface area (Å²) in [7, 11) is 0. The molecule has 2 N–H and O–H groups in total. The molecule has 2 aromatic carbocycles. The number of amides is 1. The van der Waals surface area contributed by atoms with Gasteiger partial charge in [0.15, 0.2) is 11.5 Å². The normalized spacial score (nSPS) is 10.3. The van der Waals surface area contributed by atoms with E-state index >= 15 is 0 Å². The molecule has 1 amide bonds. The Labute approximate surface area is 144 Å². The van der Waals surface area contributed by atoms with Crippen LogP contribution in [0, 0.1) is 12.7 Å². The van der Waals surface area contributed by atoms with Crippen molar-refractivity contribution in [3.63, 3.8) is 0 Å². The van der Waals surface area contributed by atoms with E-state index in [9.17, 15) is 9.18 Å². The van der Waals surface area contributed by atoms with Gasteiger partial charge in [0.05, 0.1) is 0 Å². The number of anilines is 2. The van der Waals surface area contributed by atoms with Crippen LogP contribution < -0.4 is 10.6 Å². The molecule has 6 heteroatoms. The average molecular weight is 336 g/mol. The van der Waals surface area contributed by atoms with Crippen LogP contribution in [0.2, 0.25) is 0 Å². The van der Waals surface area contributed by atoms with Crippen molar-refractivity contribution in [2.24, 2.45) is 0 Å². The predicted octanol–water partition coefficient (Wildman–Crippen LogP) is 3.60. The average Bonchev–Trinajstić information content (AvgIpc) is 2.61. The van der Waals surface area contributed by atoms with E-state index in [1.807, 2.05) is 31.2 Å². The minimum Gasteiger partial charge on any atom is -0.347 e. The molecule has 0 unspecified atom stereocenters. The van der Waals surface area contributed by atoms with Crippen LogP contribution in [0.1, 0.15) is 21.6 Å². The van der Waals surface area contributed by atoms with Gasteiger partial charge in [-0.2, -0.15) is 0 Å². The van der Waals surface area contributed by atoms with Crippen LogP contribution in [0.5, 0.6) is 0 Å². The standard InChI is InChI=1S/C19H17FN4O/c1-13-5-2-3-6-14(13)12-21-19(25)17-9-10-18(24-23-17)22-16-8-4-7-15(20)11-16/h2-11H,12H2,1H3,(H,21,25)(H,22,24). The molecule has 25 heavy (non-hydrogen) atoms. The van der Waals surface area contributed by atoms with Gasteiger partial charge in [-0.25, -0.2) is 4.39 Å². The summed E-state index contributed by atoms with van der Waals surface area (Å²) in [5.41, 5.74) is 2.95. The lowest BCUT2D eigenvalue weighted by molar-refractivity contribution is 0.0945. The minimum atomic E-state index is -0.342. The second-order valence-corrected chi connectivity index (χ2v) is 5.55. The molecular weight excluding hydrogens is 319 g/mol. The summed E-state index contributed by atoms with van der Waals surface area (Å²) >= 11 is 0. The number of hydrogen-bond donors (Lipinski definition) is 2. The molecule has 1 aromatic heterocycles. The molecule has 0 saturated heterocycles. The molecule has 1 heterocycles. The predicted molar refractivity (Wildman–Crippen MR) is 94.1 cm³/mol. The van der Waals surface area contributed by atoms with E-state index in [0.717, 1.165) is 11.1 Å². The second-order valence-electron chi connectivity index (χ2n) is 5.55. The fourth-order valence-electron chi connectivity index (χ4n) is 2.31. The van der Waals surface area contributed by atoms with Crippen LogP contribution in [0.15, 0.2) is 60.7 Å². The summed E-state index contributed by atoms with van der Waals surface area (Å²) in [4.78, 5) is 12.2. The Morgan fingerprint density at radius 1 is 1.04 bits per heavy atom. The van der Waals surface area contributed by atoms with Crippen molar-refractivity contribution in [2.45, 2.75) is 13.5 Å². The number of hydrogen-bond acceptors (Lipinski definition) is 4. The molecule has 0 radical (unpaired) electrons. The van der Waals surface area contributed by atoms with E-state index < -0.39 is 0 Å². The van der Waals surface area contributed by atoms with Crippen molar-refractivity contribution in [1.82, 2.24) is 15.5 Å². The van der Waals surface area contributed by atoms with E-state index in [1.54, 1.807) is 24.3 Å². The lowest BCUT2D eigenvalue weighted by Crippen LogP contribution is -2.24. The zero-order valence-corrected chi connectivity index (χ0v) is 13.7. The Balaban J connectivity index is 1.61. The molecule has 0 bridgehead atoms. The lowest BCUT2D eigenvalue weighted by atomic mass is 10.1. The fourth-order valence-corrected chi connectivity index (χ4v) is 2.31. The van der Waals surface area contributed by atoms with Crippen molar-refractivity contribution >= 4 is 17.4 Å². The van der Waals surface area contributed by atoms with Crippen LogP contribution in [-0.4, -0.2) is 16.1 Å². The Hall–Kier alpha value is -3.28. The fraction of sp³-hybridized carbons (Fsp3) is 0.105. The Kier molecular flexibility index (Phi) is 4.99. The number of carbonyl (C=O) groups is 1. The van der Waals surface area contributed by atoms with Gasteiger partial charge in [-0.3, -0.25) is 4.79 Å². The second kappa shape index (κ2) is 7.53. The first kappa shape index (κ1) is 16.6. The Bertz CT molecular complexity index is 881. The highest BCUT2D eigenvalue weighted by atomic mass is 19.1. The highest BCUT2D eigenvalue weighted by molar-refractivity contribution is 5.92. The molecule has 3 rings (SSSR count). The summed E-state index contributed by atoms with van der Waals surface area (Å²) in [5, 5.41) is 13.6. The van der Waals surface area contributed by atoms with Gasteiger partial charge in [0.1, 0.15) is 5.82 Å². The quantitative estimate of drug-likeness (QED) is 0.747. The molecule has 0 aliphatic rings. The van der Waals surface area contributed by atoms with E-state index in [-0.39, 0.29) is 17.4 Å². The molecule has 126 valence electrons. The molecule has 0 aliphatic heterocycles. The van der Waals surface area contributed by atoms with Crippen molar-refractivity contribution < 1.29 is 9.18 Å². The van der Waals surface area contributed by atoms with Gasteiger partial charge in [-0.15, -0.1) is 10.2 Å². The van der Waals surface area contributed by atoms with E-state index in [0.29, 0.717) is 18.1 Å². The zero-order chi connectivity index (χ0) is 17.6. The van der Waals surface area contributed by atoms with Gasteiger partial charge in [-0.1, -0.05) is 30.3 Å². The maximum Gasteiger partial charge on any atom is 0.272 e. The van der Waals surface area contributed by atoms with Gasteiger partial charge in [0.2, 0.25) is 0 Å². The molecule has 0 aliphatic carbocycles. The smallest absolute Gasteiger partial charge is 0.272 e. The number of aryl methyl sites for hydroxylation is 1. The molecular formula is C19H17FN4O. The van der Waals surface area contributed by atoms with Crippen LogP contribution in [-0.2, 0) is 6.54 Å². The largest absolute Gasteiger partial charge is 0.347 e. The third kappa shape index (κ3) is 4.38. The topological polar surface area (TPSA) is 66.9 Å². The van der Waals surface area contributed by atoms with Gasteiger partial charge in [-0.05, 0) is 48.4 Å². The van der Waals surface area contributed by atoms with Crippen molar-refractivity contribution in [3.8, 4) is 0 Å². The number of nitrogens with zero attached hydrogens (tertiary/aromatic N) is 2. The van der Waals surface area contributed by atoms with Gasteiger partial charge >= 0.3 is 0 Å². The number of nitrogens with one attached hydrogen (secondary N) is 2. The molecule has 0 atom stereocenters.